The zero-order chi connectivity index (χ0) is 21.0. The van der Waals surface area contributed by atoms with Crippen LogP contribution < -0.4 is 10.9 Å². The van der Waals surface area contributed by atoms with Gasteiger partial charge in [-0.1, -0.05) is 39.0 Å². The predicted octanol–water partition coefficient (Wildman–Crippen LogP) is 2.69. The van der Waals surface area contributed by atoms with Crippen LogP contribution in [0.4, 0.5) is 0 Å². The van der Waals surface area contributed by atoms with E-state index in [9.17, 15) is 9.59 Å². The van der Waals surface area contributed by atoms with E-state index in [1.807, 2.05) is 35.8 Å². The van der Waals surface area contributed by atoms with E-state index in [0.29, 0.717) is 18.5 Å². The summed E-state index contributed by atoms with van der Waals surface area (Å²) in [5.41, 5.74) is 1.23. The van der Waals surface area contributed by atoms with Crippen molar-refractivity contribution in [3.8, 4) is 0 Å². The van der Waals surface area contributed by atoms with E-state index in [-0.39, 0.29) is 11.5 Å². The Bertz CT molecular complexity index is 1050. The average molecular weight is 398 g/mol. The molecule has 7 heteroatoms. The summed E-state index contributed by atoms with van der Waals surface area (Å²) in [6.07, 6.45) is 3.22. The van der Waals surface area contributed by atoms with Crippen LogP contribution in [0.1, 0.15) is 39.7 Å². The molecule has 1 N–H and O–H groups in total. The summed E-state index contributed by atoms with van der Waals surface area (Å²) in [6.45, 7) is 9.89. The van der Waals surface area contributed by atoms with E-state index in [1.165, 1.54) is 4.68 Å². The van der Waals surface area contributed by atoms with E-state index in [0.717, 1.165) is 42.3 Å². The van der Waals surface area contributed by atoms with Gasteiger partial charge in [-0.2, -0.15) is 5.10 Å². The Morgan fingerprint density at radius 3 is 2.59 bits per heavy atom. The van der Waals surface area contributed by atoms with Gasteiger partial charge in [-0.3, -0.25) is 9.59 Å². The summed E-state index contributed by atoms with van der Waals surface area (Å²) in [4.78, 5) is 28.3. The average Bonchev–Trinajstić information content (AvgIpc) is 3.06. The van der Waals surface area contributed by atoms with Crippen molar-refractivity contribution in [2.45, 2.75) is 39.7 Å². The molecule has 0 spiro atoms. The Kier molecular flexibility index (Phi) is 6.69. The number of hydrogen-bond donors (Lipinski definition) is 1. The number of carbonyl (C=O) groups excluding carboxylic acids is 1. The number of amides is 1. The van der Waals surface area contributed by atoms with Gasteiger partial charge in [0.1, 0.15) is 11.6 Å². The Hall–Kier alpha value is -2.67. The number of carbonyl (C=O) groups is 1. The molecule has 2 heterocycles. The molecule has 0 aliphatic rings. The van der Waals surface area contributed by atoms with Gasteiger partial charge in [0.15, 0.2) is 0 Å². The van der Waals surface area contributed by atoms with Gasteiger partial charge in [0, 0.05) is 24.4 Å². The van der Waals surface area contributed by atoms with Crippen molar-refractivity contribution < 1.29 is 4.79 Å². The molecule has 156 valence electrons. The van der Waals surface area contributed by atoms with Crippen LogP contribution in [0.5, 0.6) is 0 Å². The van der Waals surface area contributed by atoms with Gasteiger partial charge in [-0.25, -0.2) is 4.68 Å². The highest BCUT2D eigenvalue weighted by molar-refractivity contribution is 6.08. The molecule has 2 aromatic heterocycles. The molecule has 1 atom stereocenters. The molecule has 29 heavy (non-hydrogen) atoms. The highest BCUT2D eigenvalue weighted by atomic mass is 16.2. The maximum atomic E-state index is 13.1. The second kappa shape index (κ2) is 9.22. The smallest absolute Gasteiger partial charge is 0.291 e. The molecular formula is C22H31N5O2. The number of nitrogens with zero attached hydrogens (tertiary/aromatic N) is 4. The zero-order valence-corrected chi connectivity index (χ0v) is 17.8. The predicted molar refractivity (Wildman–Crippen MR) is 117 cm³/mol. The highest BCUT2D eigenvalue weighted by Gasteiger charge is 2.25. The molecule has 0 bridgehead atoms. The fourth-order valence-electron chi connectivity index (χ4n) is 3.97. The van der Waals surface area contributed by atoms with Gasteiger partial charge in [-0.15, -0.1) is 0 Å². The molecule has 7 nitrogen and oxygen atoms in total. The van der Waals surface area contributed by atoms with Gasteiger partial charge in [-0.05, 0) is 38.5 Å². The highest BCUT2D eigenvalue weighted by Crippen LogP contribution is 2.30. The molecule has 1 aromatic carbocycles. The number of nitrogens with one attached hydrogen (secondary N) is 1. The molecule has 0 fully saturated rings. The third-order valence-corrected chi connectivity index (χ3v) is 5.65. The molecule has 0 unspecified atom stereocenters. The fraction of sp³-hybridized carbons (Fsp3) is 0.500. The van der Waals surface area contributed by atoms with Crippen molar-refractivity contribution in [2.24, 2.45) is 7.05 Å². The molecular weight excluding hydrogens is 366 g/mol. The molecule has 0 aliphatic heterocycles. The van der Waals surface area contributed by atoms with Crippen molar-refractivity contribution in [1.82, 2.24) is 24.6 Å². The lowest BCUT2D eigenvalue weighted by molar-refractivity contribution is -0.124. The minimum atomic E-state index is -0.444. The number of rotatable bonds is 9. The molecule has 0 aliphatic carbocycles. The van der Waals surface area contributed by atoms with E-state index in [1.54, 1.807) is 13.2 Å². The Labute approximate surface area is 171 Å². The largest absolute Gasteiger partial charge is 0.354 e. The minimum absolute atomic E-state index is 0.0476. The van der Waals surface area contributed by atoms with Gasteiger partial charge in [0.2, 0.25) is 5.91 Å². The SMILES string of the molecule is CC[C@@H](C(=O)NCCCN(CC)CC)n1c2ccccc2c2cnn(C)c(=O)c21. The number of para-hydroxylation sites is 1. The first-order chi connectivity index (χ1) is 14.0. The third kappa shape index (κ3) is 4.05. The van der Waals surface area contributed by atoms with Crippen LogP contribution in [-0.4, -0.2) is 51.3 Å². The molecule has 0 saturated carbocycles. The summed E-state index contributed by atoms with van der Waals surface area (Å²) in [6, 6.07) is 7.37. The van der Waals surface area contributed by atoms with Crippen LogP contribution in [0.2, 0.25) is 0 Å². The topological polar surface area (TPSA) is 72.2 Å². The summed E-state index contributed by atoms with van der Waals surface area (Å²) >= 11 is 0. The maximum absolute atomic E-state index is 13.1. The first kappa shape index (κ1) is 21.0. The molecule has 3 rings (SSSR count). The van der Waals surface area contributed by atoms with Crippen LogP contribution in [0.3, 0.4) is 0 Å². The second-order valence-corrected chi connectivity index (χ2v) is 7.32. The maximum Gasteiger partial charge on any atom is 0.291 e. The number of fused-ring (bicyclic) bond motifs is 3. The number of benzene rings is 1. The quantitative estimate of drug-likeness (QED) is 0.564. The fourth-order valence-corrected chi connectivity index (χ4v) is 3.97. The summed E-state index contributed by atoms with van der Waals surface area (Å²) < 4.78 is 3.22. The third-order valence-electron chi connectivity index (χ3n) is 5.65. The standard InChI is InChI=1S/C22H31N5O2/c1-5-18(21(28)23-13-10-14-26(6-2)7-3)27-19-12-9-8-11-16(19)17-15-24-25(4)22(29)20(17)27/h8-9,11-12,15,18H,5-7,10,13-14H2,1-4H3,(H,23,28)/t18-/m0/s1. The summed E-state index contributed by atoms with van der Waals surface area (Å²) in [7, 11) is 1.64. The van der Waals surface area contributed by atoms with Crippen molar-refractivity contribution in [1.29, 1.82) is 0 Å². The zero-order valence-electron chi connectivity index (χ0n) is 17.8. The van der Waals surface area contributed by atoms with E-state index in [4.69, 9.17) is 0 Å². The number of aromatic nitrogens is 3. The molecule has 3 aromatic rings. The number of aryl methyl sites for hydroxylation is 1. The van der Waals surface area contributed by atoms with Crippen LogP contribution in [0, 0.1) is 0 Å². The van der Waals surface area contributed by atoms with Crippen LogP contribution in [0.15, 0.2) is 35.3 Å². The lowest BCUT2D eigenvalue weighted by Gasteiger charge is -2.21. The summed E-state index contributed by atoms with van der Waals surface area (Å²) in [5, 5.41) is 8.99. The monoisotopic (exact) mass is 397 g/mol. The van der Waals surface area contributed by atoms with Gasteiger partial charge >= 0.3 is 0 Å². The summed E-state index contributed by atoms with van der Waals surface area (Å²) in [5.74, 6) is -0.0476. The Morgan fingerprint density at radius 2 is 1.90 bits per heavy atom. The normalized spacial score (nSPS) is 12.7. The molecule has 1 amide bonds. The van der Waals surface area contributed by atoms with Crippen molar-refractivity contribution in [3.63, 3.8) is 0 Å². The van der Waals surface area contributed by atoms with Crippen molar-refractivity contribution in [2.75, 3.05) is 26.2 Å². The van der Waals surface area contributed by atoms with Crippen molar-refractivity contribution in [3.05, 3.63) is 40.8 Å². The molecule has 0 saturated heterocycles. The second-order valence-electron chi connectivity index (χ2n) is 7.32. The van der Waals surface area contributed by atoms with E-state index < -0.39 is 6.04 Å². The lowest BCUT2D eigenvalue weighted by atomic mass is 10.2. The van der Waals surface area contributed by atoms with Gasteiger partial charge in [0.05, 0.1) is 11.7 Å². The Balaban J connectivity index is 1.93. The van der Waals surface area contributed by atoms with Gasteiger partial charge in [0.25, 0.3) is 5.56 Å². The first-order valence-corrected chi connectivity index (χ1v) is 10.5. The van der Waals surface area contributed by atoms with Crippen LogP contribution in [0.25, 0.3) is 21.8 Å². The van der Waals surface area contributed by atoms with Gasteiger partial charge < -0.3 is 14.8 Å². The number of hydrogen-bond acceptors (Lipinski definition) is 4. The minimum Gasteiger partial charge on any atom is -0.354 e. The van der Waals surface area contributed by atoms with Crippen LogP contribution in [-0.2, 0) is 11.8 Å². The van der Waals surface area contributed by atoms with E-state index in [2.05, 4.69) is 29.2 Å². The first-order valence-electron chi connectivity index (χ1n) is 10.5. The molecule has 0 radical (unpaired) electrons. The Morgan fingerprint density at radius 1 is 1.17 bits per heavy atom. The van der Waals surface area contributed by atoms with Crippen LogP contribution >= 0.6 is 0 Å². The van der Waals surface area contributed by atoms with Crippen molar-refractivity contribution >= 4 is 27.7 Å². The van der Waals surface area contributed by atoms with E-state index >= 15 is 0 Å². The lowest BCUT2D eigenvalue weighted by Crippen LogP contribution is -2.35.